The lowest BCUT2D eigenvalue weighted by Crippen LogP contribution is -2.47. The molecule has 0 radical (unpaired) electrons. The number of anilines is 1. The van der Waals surface area contributed by atoms with Crippen LogP contribution in [0, 0.1) is 19.8 Å². The molecule has 2 aromatic carbocycles. The van der Waals surface area contributed by atoms with Gasteiger partial charge in [-0.25, -0.2) is 0 Å². The van der Waals surface area contributed by atoms with E-state index in [1.165, 1.54) is 0 Å². The molecule has 7 nitrogen and oxygen atoms in total. The fourth-order valence-corrected chi connectivity index (χ4v) is 2.50. The van der Waals surface area contributed by atoms with Crippen molar-refractivity contribution in [1.29, 1.82) is 0 Å². The summed E-state index contributed by atoms with van der Waals surface area (Å²) >= 11 is 0. The number of para-hydroxylation sites is 1. The number of rotatable bonds is 6. The Morgan fingerprint density at radius 2 is 1.41 bits per heavy atom. The van der Waals surface area contributed by atoms with Crippen LogP contribution in [0.3, 0.4) is 0 Å². The van der Waals surface area contributed by atoms with Gasteiger partial charge in [0.25, 0.3) is 11.8 Å². The number of nitrogens with one attached hydrogen (secondary N) is 3. The molecule has 0 saturated heterocycles. The van der Waals surface area contributed by atoms with Crippen LogP contribution in [0.4, 0.5) is 5.69 Å². The molecule has 7 heteroatoms. The molecule has 0 heterocycles. The molecule has 0 aliphatic rings. The predicted molar refractivity (Wildman–Crippen MR) is 112 cm³/mol. The van der Waals surface area contributed by atoms with E-state index in [0.717, 1.165) is 11.1 Å². The highest BCUT2D eigenvalue weighted by molar-refractivity contribution is 5.97. The zero-order valence-corrected chi connectivity index (χ0v) is 17.3. The number of carbonyl (C=O) groups excluding carboxylic acids is 3. The normalized spacial score (nSPS) is 11.5. The highest BCUT2D eigenvalue weighted by Crippen LogP contribution is 2.23. The molecule has 3 amide bonds. The van der Waals surface area contributed by atoms with Gasteiger partial charge in [-0.3, -0.25) is 25.2 Å². The van der Waals surface area contributed by atoms with E-state index in [9.17, 15) is 14.4 Å². The second-order valence-corrected chi connectivity index (χ2v) is 7.15. The first-order valence-corrected chi connectivity index (χ1v) is 9.43. The van der Waals surface area contributed by atoms with E-state index in [2.05, 4.69) is 16.2 Å². The molecule has 154 valence electrons. The molecule has 1 unspecified atom stereocenters. The van der Waals surface area contributed by atoms with Gasteiger partial charge in [0.05, 0.1) is 0 Å². The molecular formula is C22H27N3O4. The van der Waals surface area contributed by atoms with Gasteiger partial charge < -0.3 is 10.1 Å². The maximum atomic E-state index is 12.2. The summed E-state index contributed by atoms with van der Waals surface area (Å²) in [5.41, 5.74) is 7.53. The van der Waals surface area contributed by atoms with Crippen LogP contribution in [0.2, 0.25) is 0 Å². The molecule has 0 bridgehead atoms. The Balaban J connectivity index is 1.89. The number of hydrazine groups is 1. The first-order chi connectivity index (χ1) is 13.7. The largest absolute Gasteiger partial charge is 0.480 e. The minimum Gasteiger partial charge on any atom is -0.480 e. The SMILES string of the molecule is Cc1cccc(C)c1OC(C)C(=O)NNC(=O)c1ccc(NC(=O)C(C)C)cc1. The van der Waals surface area contributed by atoms with Crippen molar-refractivity contribution < 1.29 is 19.1 Å². The van der Waals surface area contributed by atoms with E-state index in [-0.39, 0.29) is 11.8 Å². The molecule has 2 aromatic rings. The zero-order valence-electron chi connectivity index (χ0n) is 17.3. The number of carbonyl (C=O) groups is 3. The standard InChI is InChI=1S/C22H27N3O4/c1-13(2)20(26)23-18-11-9-17(10-12-18)22(28)25-24-21(27)16(5)29-19-14(3)7-6-8-15(19)4/h6-13,16H,1-5H3,(H,23,26)(H,24,27)(H,25,28). The van der Waals surface area contributed by atoms with Crippen LogP contribution in [-0.4, -0.2) is 23.8 Å². The molecule has 29 heavy (non-hydrogen) atoms. The van der Waals surface area contributed by atoms with Gasteiger partial charge in [-0.15, -0.1) is 0 Å². The topological polar surface area (TPSA) is 96.5 Å². The average molecular weight is 397 g/mol. The fraction of sp³-hybridized carbons (Fsp3) is 0.318. The Morgan fingerprint density at radius 3 is 1.97 bits per heavy atom. The first kappa shape index (κ1) is 21.9. The van der Waals surface area contributed by atoms with Crippen molar-refractivity contribution in [2.24, 2.45) is 5.92 Å². The van der Waals surface area contributed by atoms with Crippen molar-refractivity contribution in [1.82, 2.24) is 10.9 Å². The van der Waals surface area contributed by atoms with Gasteiger partial charge in [-0.05, 0) is 56.2 Å². The summed E-state index contributed by atoms with van der Waals surface area (Å²) in [4.78, 5) is 36.2. The lowest BCUT2D eigenvalue weighted by atomic mass is 10.1. The monoisotopic (exact) mass is 397 g/mol. The van der Waals surface area contributed by atoms with E-state index in [1.54, 1.807) is 45.0 Å². The highest BCUT2D eigenvalue weighted by atomic mass is 16.5. The van der Waals surface area contributed by atoms with Crippen LogP contribution in [0.1, 0.15) is 42.3 Å². The third kappa shape index (κ3) is 6.07. The minimum absolute atomic E-state index is 0.104. The van der Waals surface area contributed by atoms with E-state index in [4.69, 9.17) is 4.74 Å². The molecule has 2 rings (SSSR count). The maximum Gasteiger partial charge on any atom is 0.279 e. The molecule has 0 saturated carbocycles. The van der Waals surface area contributed by atoms with Crippen molar-refractivity contribution in [3.05, 3.63) is 59.2 Å². The lowest BCUT2D eigenvalue weighted by Gasteiger charge is -2.18. The third-order valence-electron chi connectivity index (χ3n) is 4.31. The second kappa shape index (κ2) is 9.73. The number of ether oxygens (including phenoxy) is 1. The van der Waals surface area contributed by atoms with Gasteiger partial charge in [0.15, 0.2) is 6.10 Å². The van der Waals surface area contributed by atoms with E-state index >= 15 is 0 Å². The Morgan fingerprint density at radius 1 is 0.828 bits per heavy atom. The summed E-state index contributed by atoms with van der Waals surface area (Å²) in [6.45, 7) is 9.01. The Labute approximate surface area is 170 Å². The number of amides is 3. The third-order valence-corrected chi connectivity index (χ3v) is 4.31. The molecule has 0 fully saturated rings. The maximum absolute atomic E-state index is 12.2. The molecular weight excluding hydrogens is 370 g/mol. The number of benzene rings is 2. The van der Waals surface area contributed by atoms with Gasteiger partial charge in [0.2, 0.25) is 5.91 Å². The van der Waals surface area contributed by atoms with Gasteiger partial charge >= 0.3 is 0 Å². The molecule has 0 aliphatic carbocycles. The van der Waals surface area contributed by atoms with E-state index in [1.807, 2.05) is 32.0 Å². The number of hydrogen-bond donors (Lipinski definition) is 3. The minimum atomic E-state index is -0.788. The van der Waals surface area contributed by atoms with Crippen LogP contribution < -0.4 is 20.9 Å². The van der Waals surface area contributed by atoms with Gasteiger partial charge in [0, 0.05) is 17.2 Å². The first-order valence-electron chi connectivity index (χ1n) is 9.43. The molecule has 1 atom stereocenters. The highest BCUT2D eigenvalue weighted by Gasteiger charge is 2.18. The Kier molecular flexibility index (Phi) is 7.36. The quantitative estimate of drug-likeness (QED) is 0.653. The molecule has 0 aromatic heterocycles. The van der Waals surface area contributed by atoms with E-state index < -0.39 is 17.9 Å². The van der Waals surface area contributed by atoms with Crippen molar-refractivity contribution in [3.8, 4) is 5.75 Å². The van der Waals surface area contributed by atoms with Crippen molar-refractivity contribution >= 4 is 23.4 Å². The van der Waals surface area contributed by atoms with Crippen molar-refractivity contribution in [2.45, 2.75) is 40.7 Å². The second-order valence-electron chi connectivity index (χ2n) is 7.15. The van der Waals surface area contributed by atoms with Gasteiger partial charge in [-0.1, -0.05) is 32.0 Å². The smallest absolute Gasteiger partial charge is 0.279 e. The van der Waals surface area contributed by atoms with Crippen LogP contribution in [-0.2, 0) is 9.59 Å². The Bertz CT molecular complexity index is 871. The summed E-state index contributed by atoms with van der Waals surface area (Å²) < 4.78 is 5.74. The number of aryl methyl sites for hydroxylation is 2. The van der Waals surface area contributed by atoms with Crippen LogP contribution in [0.15, 0.2) is 42.5 Å². The van der Waals surface area contributed by atoms with Crippen LogP contribution >= 0.6 is 0 Å². The predicted octanol–water partition coefficient (Wildman–Crippen LogP) is 3.13. The summed E-state index contributed by atoms with van der Waals surface area (Å²) in [5.74, 6) is -0.533. The van der Waals surface area contributed by atoms with Gasteiger partial charge in [-0.2, -0.15) is 0 Å². The Hall–Kier alpha value is -3.35. The summed E-state index contributed by atoms with van der Waals surface area (Å²) in [6.07, 6.45) is -0.788. The summed E-state index contributed by atoms with van der Waals surface area (Å²) in [7, 11) is 0. The van der Waals surface area contributed by atoms with Crippen LogP contribution in [0.5, 0.6) is 5.75 Å². The number of hydrogen-bond acceptors (Lipinski definition) is 4. The van der Waals surface area contributed by atoms with Gasteiger partial charge in [0.1, 0.15) is 5.75 Å². The molecule has 3 N–H and O–H groups in total. The lowest BCUT2D eigenvalue weighted by molar-refractivity contribution is -0.128. The summed E-state index contributed by atoms with van der Waals surface area (Å²) in [5, 5.41) is 2.75. The fourth-order valence-electron chi connectivity index (χ4n) is 2.50. The molecule has 0 spiro atoms. The zero-order chi connectivity index (χ0) is 21.6. The summed E-state index contributed by atoms with van der Waals surface area (Å²) in [6, 6.07) is 12.1. The van der Waals surface area contributed by atoms with E-state index in [0.29, 0.717) is 17.0 Å². The van der Waals surface area contributed by atoms with Crippen molar-refractivity contribution in [3.63, 3.8) is 0 Å². The van der Waals surface area contributed by atoms with Crippen molar-refractivity contribution in [2.75, 3.05) is 5.32 Å². The average Bonchev–Trinajstić information content (AvgIpc) is 2.69. The molecule has 0 aliphatic heterocycles. The van der Waals surface area contributed by atoms with Crippen LogP contribution in [0.25, 0.3) is 0 Å².